The number of hydrogen-bond acceptors (Lipinski definition) is 1. The molecule has 138 valence electrons. The van der Waals surface area contributed by atoms with Gasteiger partial charge in [-0.1, -0.05) is 68.4 Å². The summed E-state index contributed by atoms with van der Waals surface area (Å²) in [5.74, 6) is 0. The molecule has 4 aromatic carbocycles. The molecule has 0 saturated carbocycles. The van der Waals surface area contributed by atoms with E-state index < -0.39 is 0 Å². The maximum Gasteiger partial charge on any atom is 0.0512 e. The van der Waals surface area contributed by atoms with Crippen molar-refractivity contribution in [3.63, 3.8) is 0 Å². The lowest BCUT2D eigenvalue weighted by Gasteiger charge is -2.22. The normalized spacial score (nSPS) is 14.8. The van der Waals surface area contributed by atoms with Crippen molar-refractivity contribution < 1.29 is 0 Å². The van der Waals surface area contributed by atoms with Crippen LogP contribution in [0.25, 0.3) is 53.1 Å². The third kappa shape index (κ3) is 1.86. The van der Waals surface area contributed by atoms with Crippen molar-refractivity contribution >= 4 is 53.3 Å². The highest BCUT2D eigenvalue weighted by atomic mass is 32.1. The van der Waals surface area contributed by atoms with Gasteiger partial charge in [0.2, 0.25) is 0 Å². The lowest BCUT2D eigenvalue weighted by molar-refractivity contribution is 0.665. The fourth-order valence-corrected chi connectivity index (χ4v) is 6.59. The highest BCUT2D eigenvalue weighted by molar-refractivity contribution is 7.25. The summed E-state index contributed by atoms with van der Waals surface area (Å²) in [7, 11) is 0. The summed E-state index contributed by atoms with van der Waals surface area (Å²) in [6.45, 7) is 4.71. The number of fused-ring (bicyclic) bond motifs is 10. The number of thiophene rings is 1. The summed E-state index contributed by atoms with van der Waals surface area (Å²) in [5.41, 5.74) is 8.12. The van der Waals surface area contributed by atoms with Crippen molar-refractivity contribution in [3.8, 4) is 11.1 Å². The maximum absolute atomic E-state index is 3.82. The standard InChI is InChI=1S/C27H19NS/c1-27(2)21-9-5-3-7-15(21)17-11-12-18-19-14-24-20(13-22(19)28-26(18)25(17)27)16-8-4-6-10-23(16)29-24/h3-14,28H,1-2H3. The maximum atomic E-state index is 3.82. The molecule has 2 heteroatoms. The van der Waals surface area contributed by atoms with Crippen LogP contribution < -0.4 is 0 Å². The predicted molar refractivity (Wildman–Crippen MR) is 126 cm³/mol. The number of rotatable bonds is 0. The van der Waals surface area contributed by atoms with Crippen LogP contribution in [-0.2, 0) is 5.41 Å². The molecule has 0 atom stereocenters. The summed E-state index contributed by atoms with van der Waals surface area (Å²) in [5, 5.41) is 5.36. The molecule has 0 radical (unpaired) electrons. The number of hydrogen-bond donors (Lipinski definition) is 1. The molecular formula is C27H19NS. The SMILES string of the molecule is CC1(C)c2ccccc2-c2ccc3c([nH]c4cc5c(cc43)sc3ccccc35)c21. The average Bonchev–Trinajstić information content (AvgIpc) is 3.35. The largest absolute Gasteiger partial charge is 0.354 e. The van der Waals surface area contributed by atoms with Crippen LogP contribution in [0.2, 0.25) is 0 Å². The van der Waals surface area contributed by atoms with Crippen molar-refractivity contribution in [3.05, 3.63) is 83.9 Å². The first-order valence-electron chi connectivity index (χ1n) is 10.1. The Kier molecular flexibility index (Phi) is 2.77. The van der Waals surface area contributed by atoms with E-state index in [-0.39, 0.29) is 5.41 Å². The van der Waals surface area contributed by atoms with E-state index in [2.05, 4.69) is 91.6 Å². The van der Waals surface area contributed by atoms with Crippen LogP contribution in [0.1, 0.15) is 25.0 Å². The van der Waals surface area contributed by atoms with Gasteiger partial charge in [0.15, 0.2) is 0 Å². The summed E-state index contributed by atoms with van der Waals surface area (Å²) in [6.07, 6.45) is 0. The van der Waals surface area contributed by atoms with Gasteiger partial charge in [-0.25, -0.2) is 0 Å². The molecular weight excluding hydrogens is 370 g/mol. The van der Waals surface area contributed by atoms with Gasteiger partial charge in [-0.3, -0.25) is 0 Å². The van der Waals surface area contributed by atoms with Crippen LogP contribution in [-0.4, -0.2) is 4.98 Å². The molecule has 1 nitrogen and oxygen atoms in total. The predicted octanol–water partition coefficient (Wildman–Crippen LogP) is 8.00. The minimum atomic E-state index is -0.00358. The second-order valence-electron chi connectivity index (χ2n) is 8.70. The van der Waals surface area contributed by atoms with Crippen LogP contribution in [0.15, 0.2) is 72.8 Å². The Bertz CT molecular complexity index is 1630. The van der Waals surface area contributed by atoms with Crippen LogP contribution in [0.4, 0.5) is 0 Å². The molecule has 7 rings (SSSR count). The average molecular weight is 390 g/mol. The second-order valence-corrected chi connectivity index (χ2v) is 9.78. The molecule has 0 fully saturated rings. The van der Waals surface area contributed by atoms with E-state index in [1.54, 1.807) is 0 Å². The number of nitrogens with one attached hydrogen (secondary N) is 1. The van der Waals surface area contributed by atoms with E-state index >= 15 is 0 Å². The minimum Gasteiger partial charge on any atom is -0.354 e. The third-order valence-corrected chi connectivity index (χ3v) is 7.92. The fraction of sp³-hybridized carbons (Fsp3) is 0.111. The summed E-state index contributed by atoms with van der Waals surface area (Å²) in [6, 6.07) is 27.0. The van der Waals surface area contributed by atoms with Gasteiger partial charge in [-0.2, -0.15) is 0 Å². The van der Waals surface area contributed by atoms with Crippen LogP contribution in [0, 0.1) is 0 Å². The Morgan fingerprint density at radius 1 is 0.690 bits per heavy atom. The first-order chi connectivity index (χ1) is 14.1. The van der Waals surface area contributed by atoms with Gasteiger partial charge in [0.25, 0.3) is 0 Å². The van der Waals surface area contributed by atoms with E-state index in [0.717, 1.165) is 0 Å². The monoisotopic (exact) mass is 389 g/mol. The minimum absolute atomic E-state index is 0.00358. The zero-order valence-electron chi connectivity index (χ0n) is 16.3. The van der Waals surface area contributed by atoms with Gasteiger partial charge >= 0.3 is 0 Å². The van der Waals surface area contributed by atoms with Crippen LogP contribution in [0.5, 0.6) is 0 Å². The highest BCUT2D eigenvalue weighted by Crippen LogP contribution is 2.52. The molecule has 0 bridgehead atoms. The van der Waals surface area contributed by atoms with Crippen molar-refractivity contribution in [2.24, 2.45) is 0 Å². The molecule has 0 saturated heterocycles. The molecule has 0 aliphatic heterocycles. The first-order valence-corrected chi connectivity index (χ1v) is 10.9. The number of H-pyrrole nitrogens is 1. The highest BCUT2D eigenvalue weighted by Gasteiger charge is 2.37. The Morgan fingerprint density at radius 3 is 2.45 bits per heavy atom. The molecule has 2 heterocycles. The number of aromatic nitrogens is 1. The van der Waals surface area contributed by atoms with Crippen molar-refractivity contribution in [2.75, 3.05) is 0 Å². The smallest absolute Gasteiger partial charge is 0.0512 e. The molecule has 2 aromatic heterocycles. The molecule has 1 aliphatic rings. The van der Waals surface area contributed by atoms with Gasteiger partial charge in [0.1, 0.15) is 0 Å². The fourth-order valence-electron chi connectivity index (χ4n) is 5.46. The van der Waals surface area contributed by atoms with Gasteiger partial charge in [-0.05, 0) is 40.5 Å². The van der Waals surface area contributed by atoms with E-state index in [4.69, 9.17) is 0 Å². The van der Waals surface area contributed by atoms with Gasteiger partial charge in [0.05, 0.1) is 5.52 Å². The molecule has 29 heavy (non-hydrogen) atoms. The summed E-state index contributed by atoms with van der Waals surface area (Å²) in [4.78, 5) is 3.82. The topological polar surface area (TPSA) is 15.8 Å². The molecule has 6 aromatic rings. The van der Waals surface area contributed by atoms with E-state index in [1.165, 1.54) is 64.2 Å². The lowest BCUT2D eigenvalue weighted by atomic mass is 9.81. The van der Waals surface area contributed by atoms with E-state index in [0.29, 0.717) is 0 Å². The Balaban J connectivity index is 1.62. The summed E-state index contributed by atoms with van der Waals surface area (Å²) < 4.78 is 2.72. The number of benzene rings is 4. The third-order valence-electron chi connectivity index (χ3n) is 6.79. The van der Waals surface area contributed by atoms with E-state index in [1.807, 2.05) is 11.3 Å². The van der Waals surface area contributed by atoms with Gasteiger partial charge < -0.3 is 4.98 Å². The first kappa shape index (κ1) is 15.8. The molecule has 0 spiro atoms. The van der Waals surface area contributed by atoms with Crippen molar-refractivity contribution in [2.45, 2.75) is 19.3 Å². The number of aromatic amines is 1. The molecule has 1 N–H and O–H groups in total. The Labute approximate surface area is 172 Å². The Hall–Kier alpha value is -3.10. The second kappa shape index (κ2) is 5.08. The lowest BCUT2D eigenvalue weighted by Crippen LogP contribution is -2.15. The molecule has 0 amide bonds. The van der Waals surface area contributed by atoms with Gasteiger partial charge in [0, 0.05) is 41.9 Å². The zero-order chi connectivity index (χ0) is 19.3. The van der Waals surface area contributed by atoms with Crippen molar-refractivity contribution in [1.82, 2.24) is 4.98 Å². The van der Waals surface area contributed by atoms with Crippen molar-refractivity contribution in [1.29, 1.82) is 0 Å². The molecule has 1 aliphatic carbocycles. The van der Waals surface area contributed by atoms with Gasteiger partial charge in [-0.15, -0.1) is 11.3 Å². The summed E-state index contributed by atoms with van der Waals surface area (Å²) >= 11 is 1.89. The zero-order valence-corrected chi connectivity index (χ0v) is 17.2. The van der Waals surface area contributed by atoms with Crippen LogP contribution >= 0.6 is 11.3 Å². The molecule has 0 unspecified atom stereocenters. The Morgan fingerprint density at radius 2 is 1.52 bits per heavy atom. The quantitative estimate of drug-likeness (QED) is 0.271. The van der Waals surface area contributed by atoms with Crippen LogP contribution in [0.3, 0.4) is 0 Å². The van der Waals surface area contributed by atoms with E-state index in [9.17, 15) is 0 Å².